The van der Waals surface area contributed by atoms with Gasteiger partial charge in [-0.2, -0.15) is 18.3 Å². The number of para-hydroxylation sites is 1. The highest BCUT2D eigenvalue weighted by molar-refractivity contribution is 5.90. The second-order valence-corrected chi connectivity index (χ2v) is 11.2. The molecule has 12 heteroatoms. The molecule has 1 fully saturated rings. The number of halogens is 3. The van der Waals surface area contributed by atoms with Crippen molar-refractivity contribution in [1.29, 1.82) is 0 Å². The zero-order valence-corrected chi connectivity index (χ0v) is 24.6. The van der Waals surface area contributed by atoms with Crippen molar-refractivity contribution in [2.75, 3.05) is 31.1 Å². The molecule has 2 aromatic carbocycles. The highest BCUT2D eigenvalue weighted by Crippen LogP contribution is 2.39. The predicted octanol–water partition coefficient (Wildman–Crippen LogP) is 6.55. The van der Waals surface area contributed by atoms with E-state index < -0.39 is 29.5 Å². The first-order valence-electron chi connectivity index (χ1n) is 14.9. The van der Waals surface area contributed by atoms with Crippen molar-refractivity contribution in [3.63, 3.8) is 0 Å². The molecule has 0 saturated carbocycles. The maximum Gasteiger partial charge on any atom is 0.436 e. The number of carbonyl (C=O) groups excluding carboxylic acids is 1. The Kier molecular flexibility index (Phi) is 8.22. The van der Waals surface area contributed by atoms with Gasteiger partial charge in [-0.1, -0.05) is 48.5 Å². The van der Waals surface area contributed by atoms with Crippen molar-refractivity contribution >= 4 is 17.7 Å². The van der Waals surface area contributed by atoms with Gasteiger partial charge in [0.15, 0.2) is 11.5 Å². The minimum absolute atomic E-state index is 0.0667. The second kappa shape index (κ2) is 12.3. The molecule has 2 aromatic heterocycles. The molecule has 1 N–H and O–H groups in total. The summed E-state index contributed by atoms with van der Waals surface area (Å²) in [5.74, 6) is -0.622. The summed E-state index contributed by atoms with van der Waals surface area (Å²) in [5, 5.41) is 12.9. The quantitative estimate of drug-likeness (QED) is 0.234. The van der Waals surface area contributed by atoms with Crippen molar-refractivity contribution in [2.45, 2.75) is 44.8 Å². The SMILES string of the molecule is CCOC(=O)c1cn(-c2cccc(-c3cccc4c3N(Cc3ccc(C5CCN(C(=O)O)CC5)cc3)CC4)n2)nc1C(F)(F)F. The molecule has 0 spiro atoms. The van der Waals surface area contributed by atoms with Crippen LogP contribution in [-0.4, -0.2) is 63.1 Å². The fourth-order valence-electron chi connectivity index (χ4n) is 6.18. The van der Waals surface area contributed by atoms with Crippen molar-refractivity contribution in [2.24, 2.45) is 0 Å². The summed E-state index contributed by atoms with van der Waals surface area (Å²) in [5.41, 5.74) is 3.96. The number of rotatable bonds is 7. The van der Waals surface area contributed by atoms with Gasteiger partial charge in [-0.3, -0.25) is 0 Å². The molecule has 2 aliphatic rings. The number of anilines is 1. The number of alkyl halides is 3. The summed E-state index contributed by atoms with van der Waals surface area (Å²) >= 11 is 0. The summed E-state index contributed by atoms with van der Waals surface area (Å²) in [6.07, 6.45) is -2.24. The van der Waals surface area contributed by atoms with E-state index in [1.54, 1.807) is 18.2 Å². The lowest BCUT2D eigenvalue weighted by molar-refractivity contribution is -0.141. The Hall–Kier alpha value is -4.87. The van der Waals surface area contributed by atoms with Gasteiger partial charge < -0.3 is 19.6 Å². The van der Waals surface area contributed by atoms with Gasteiger partial charge in [0.05, 0.1) is 12.3 Å². The Balaban J connectivity index is 1.24. The van der Waals surface area contributed by atoms with E-state index in [0.717, 1.165) is 59.1 Å². The Bertz CT molecular complexity index is 1710. The van der Waals surface area contributed by atoms with Gasteiger partial charge in [-0.05, 0) is 60.9 Å². The largest absolute Gasteiger partial charge is 0.465 e. The number of carboxylic acid groups (broad SMARTS) is 1. The van der Waals surface area contributed by atoms with Crippen molar-refractivity contribution < 1.29 is 32.6 Å². The highest BCUT2D eigenvalue weighted by atomic mass is 19.4. The number of esters is 1. The molecule has 0 aliphatic carbocycles. The number of aromatic nitrogens is 3. The van der Waals surface area contributed by atoms with Gasteiger partial charge in [-0.25, -0.2) is 19.3 Å². The summed E-state index contributed by atoms with van der Waals surface area (Å²) in [4.78, 5) is 31.9. The van der Waals surface area contributed by atoms with Crippen LogP contribution in [-0.2, 0) is 23.9 Å². The maximum absolute atomic E-state index is 13.7. The maximum atomic E-state index is 13.7. The first kappa shape index (κ1) is 30.2. The van der Waals surface area contributed by atoms with Crippen molar-refractivity contribution in [3.8, 4) is 17.1 Å². The second-order valence-electron chi connectivity index (χ2n) is 11.2. The first-order valence-corrected chi connectivity index (χ1v) is 14.9. The van der Waals surface area contributed by atoms with Gasteiger partial charge in [0.1, 0.15) is 5.56 Å². The van der Waals surface area contributed by atoms with Gasteiger partial charge in [0.2, 0.25) is 0 Å². The topological polar surface area (TPSA) is 101 Å². The molecule has 234 valence electrons. The monoisotopic (exact) mass is 619 g/mol. The molecule has 0 atom stereocenters. The Labute approximate surface area is 257 Å². The number of amides is 1. The van der Waals surface area contributed by atoms with E-state index in [-0.39, 0.29) is 12.4 Å². The standard InChI is InChI=1S/C33H32F3N5O4/c1-2-45-31(42)26-20-41(38-30(26)33(34,35)36)28-8-4-7-27(37-28)25-6-3-5-24-15-18-40(29(24)25)19-21-9-11-22(12-10-21)23-13-16-39(17-14-23)32(43)44/h3-12,20,23H,2,13-19H2,1H3,(H,43,44). The summed E-state index contributed by atoms with van der Waals surface area (Å²) < 4.78 is 47.0. The van der Waals surface area contributed by atoms with E-state index in [1.807, 2.05) is 12.1 Å². The third-order valence-electron chi connectivity index (χ3n) is 8.40. The predicted molar refractivity (Wildman–Crippen MR) is 161 cm³/mol. The number of pyridine rings is 1. The molecule has 1 amide bonds. The number of likely N-dealkylation sites (tertiary alicyclic amines) is 1. The number of hydrogen-bond donors (Lipinski definition) is 1. The lowest BCUT2D eigenvalue weighted by Crippen LogP contribution is -2.36. The molecule has 9 nitrogen and oxygen atoms in total. The average Bonchev–Trinajstić information content (AvgIpc) is 3.67. The highest BCUT2D eigenvalue weighted by Gasteiger charge is 2.40. The van der Waals surface area contributed by atoms with Gasteiger partial charge >= 0.3 is 18.2 Å². The van der Waals surface area contributed by atoms with Gasteiger partial charge in [0.25, 0.3) is 0 Å². The van der Waals surface area contributed by atoms with E-state index in [9.17, 15) is 27.9 Å². The Morgan fingerprint density at radius 3 is 2.42 bits per heavy atom. The van der Waals surface area contributed by atoms with Gasteiger partial charge in [-0.15, -0.1) is 0 Å². The average molecular weight is 620 g/mol. The molecule has 4 aromatic rings. The van der Waals surface area contributed by atoms with Crippen LogP contribution < -0.4 is 4.90 Å². The normalized spacial score (nSPS) is 15.3. The first-order chi connectivity index (χ1) is 21.6. The number of ether oxygens (including phenoxy) is 1. The van der Waals surface area contributed by atoms with Crippen LogP contribution >= 0.6 is 0 Å². The van der Waals surface area contributed by atoms with Crippen molar-refractivity contribution in [1.82, 2.24) is 19.7 Å². The molecular weight excluding hydrogens is 587 g/mol. The molecule has 0 radical (unpaired) electrons. The van der Waals surface area contributed by atoms with Crippen molar-refractivity contribution in [3.05, 3.63) is 94.8 Å². The third-order valence-corrected chi connectivity index (χ3v) is 8.40. The minimum atomic E-state index is -4.85. The molecule has 1 saturated heterocycles. The van der Waals surface area contributed by atoms with E-state index >= 15 is 0 Å². The van der Waals surface area contributed by atoms with E-state index in [2.05, 4.69) is 45.3 Å². The molecule has 0 bridgehead atoms. The molecule has 0 unspecified atom stereocenters. The number of benzene rings is 2. The van der Waals surface area contributed by atoms with Crippen LogP contribution in [0.4, 0.5) is 23.7 Å². The van der Waals surface area contributed by atoms with E-state index in [0.29, 0.717) is 31.2 Å². The number of nitrogens with zero attached hydrogens (tertiary/aromatic N) is 5. The van der Waals surface area contributed by atoms with E-state index in [4.69, 9.17) is 4.74 Å². The number of piperidine rings is 1. The molecule has 45 heavy (non-hydrogen) atoms. The number of hydrogen-bond acceptors (Lipinski definition) is 6. The van der Waals surface area contributed by atoms with E-state index in [1.165, 1.54) is 17.4 Å². The molecule has 6 rings (SSSR count). The van der Waals surface area contributed by atoms with Crippen LogP contribution in [0.25, 0.3) is 17.1 Å². The summed E-state index contributed by atoms with van der Waals surface area (Å²) in [7, 11) is 0. The number of fused-ring (bicyclic) bond motifs is 1. The van der Waals surface area contributed by atoms with Crippen LogP contribution in [0.2, 0.25) is 0 Å². The zero-order valence-electron chi connectivity index (χ0n) is 24.6. The van der Waals surface area contributed by atoms with Gasteiger partial charge in [0, 0.05) is 43.6 Å². The van der Waals surface area contributed by atoms with Crippen LogP contribution in [0.15, 0.2) is 66.9 Å². The lowest BCUT2D eigenvalue weighted by Gasteiger charge is -2.30. The Morgan fingerprint density at radius 1 is 1.00 bits per heavy atom. The molecular formula is C33H32F3N5O4. The zero-order chi connectivity index (χ0) is 31.7. The molecule has 4 heterocycles. The van der Waals surface area contributed by atoms with Crippen LogP contribution in [0, 0.1) is 0 Å². The molecule has 2 aliphatic heterocycles. The van der Waals surface area contributed by atoms with Crippen LogP contribution in [0.3, 0.4) is 0 Å². The summed E-state index contributed by atoms with van der Waals surface area (Å²) in [6, 6.07) is 19.5. The third kappa shape index (κ3) is 6.22. The van der Waals surface area contributed by atoms with Crippen LogP contribution in [0.1, 0.15) is 58.4 Å². The minimum Gasteiger partial charge on any atom is -0.465 e. The van der Waals surface area contributed by atoms with Crippen LogP contribution in [0.5, 0.6) is 0 Å². The lowest BCUT2D eigenvalue weighted by atomic mass is 9.89. The smallest absolute Gasteiger partial charge is 0.436 e. The Morgan fingerprint density at radius 2 is 1.73 bits per heavy atom. The fourth-order valence-corrected chi connectivity index (χ4v) is 6.18. The summed E-state index contributed by atoms with van der Waals surface area (Å²) in [6.45, 7) is 4.01. The fraction of sp³-hybridized carbons (Fsp3) is 0.333. The number of carbonyl (C=O) groups is 2.